The van der Waals surface area contributed by atoms with Crippen molar-refractivity contribution in [2.45, 2.75) is 13.8 Å². The van der Waals surface area contributed by atoms with Gasteiger partial charge in [-0.15, -0.1) is 0 Å². The molecule has 0 radical (unpaired) electrons. The predicted octanol–water partition coefficient (Wildman–Crippen LogP) is 3.08. The van der Waals surface area contributed by atoms with Crippen molar-refractivity contribution < 1.29 is 9.53 Å². The van der Waals surface area contributed by atoms with Gasteiger partial charge < -0.3 is 10.1 Å². The van der Waals surface area contributed by atoms with Crippen LogP contribution in [0.3, 0.4) is 0 Å². The molecular weight excluding hydrogens is 294 g/mol. The van der Waals surface area contributed by atoms with Crippen molar-refractivity contribution in [3.63, 3.8) is 0 Å². The lowest BCUT2D eigenvalue weighted by molar-refractivity contribution is 0.0926. The topological polar surface area (TPSA) is 38.3 Å². The van der Waals surface area contributed by atoms with Gasteiger partial charge in [-0.1, -0.05) is 24.3 Å². The maximum Gasteiger partial charge on any atom is 0.252 e. The van der Waals surface area contributed by atoms with E-state index in [0.29, 0.717) is 25.3 Å². The molecule has 0 aliphatic heterocycles. The third-order valence-corrected chi connectivity index (χ3v) is 3.37. The van der Waals surface area contributed by atoms with Gasteiger partial charge in [-0.25, -0.2) is 0 Å². The first-order chi connectivity index (χ1) is 8.52. The molecule has 1 amide bonds. The Morgan fingerprint density at radius 1 is 1.50 bits per heavy atom. The van der Waals surface area contributed by atoms with Crippen LogP contribution < -0.4 is 5.32 Å². The molecule has 0 saturated carbocycles. The summed E-state index contributed by atoms with van der Waals surface area (Å²) in [5.74, 6) is -0.0931. The third-order valence-electron chi connectivity index (χ3n) is 2.32. The summed E-state index contributed by atoms with van der Waals surface area (Å²) >= 11 is 3.42. The smallest absolute Gasteiger partial charge is 0.252 e. The molecule has 4 heteroatoms. The van der Waals surface area contributed by atoms with E-state index in [9.17, 15) is 4.79 Å². The van der Waals surface area contributed by atoms with E-state index in [1.54, 1.807) is 6.07 Å². The second-order valence-corrected chi connectivity index (χ2v) is 5.00. The van der Waals surface area contributed by atoms with Crippen LogP contribution in [0, 0.1) is 6.92 Å². The molecule has 0 heterocycles. The van der Waals surface area contributed by atoms with Gasteiger partial charge in [-0.3, -0.25) is 4.79 Å². The van der Waals surface area contributed by atoms with Gasteiger partial charge in [-0.2, -0.15) is 0 Å². The molecule has 18 heavy (non-hydrogen) atoms. The summed E-state index contributed by atoms with van der Waals surface area (Å²) in [5.41, 5.74) is 2.67. The van der Waals surface area contributed by atoms with Crippen molar-refractivity contribution in [1.29, 1.82) is 0 Å². The standard InChI is InChI=1S/C14H18BrNO2/c1-10(2)9-18-8-7-16-14(17)12-6-4-5-11(3)13(12)15/h4-6H,1,7-9H2,2-3H3,(H,16,17). The highest BCUT2D eigenvalue weighted by atomic mass is 79.9. The Balaban J connectivity index is 2.41. The van der Waals surface area contributed by atoms with E-state index in [0.717, 1.165) is 15.6 Å². The highest BCUT2D eigenvalue weighted by molar-refractivity contribution is 9.10. The van der Waals surface area contributed by atoms with E-state index in [-0.39, 0.29) is 5.91 Å². The molecular formula is C14H18BrNO2. The molecule has 1 aromatic carbocycles. The van der Waals surface area contributed by atoms with E-state index in [1.807, 2.05) is 26.0 Å². The van der Waals surface area contributed by atoms with E-state index >= 15 is 0 Å². The van der Waals surface area contributed by atoms with Crippen molar-refractivity contribution in [3.8, 4) is 0 Å². The number of nitrogens with one attached hydrogen (secondary N) is 1. The summed E-state index contributed by atoms with van der Waals surface area (Å²) in [5, 5.41) is 2.82. The fraction of sp³-hybridized carbons (Fsp3) is 0.357. The number of ether oxygens (including phenoxy) is 1. The Morgan fingerprint density at radius 3 is 2.89 bits per heavy atom. The minimum Gasteiger partial charge on any atom is -0.375 e. The first-order valence-electron chi connectivity index (χ1n) is 5.78. The van der Waals surface area contributed by atoms with E-state index in [1.165, 1.54) is 0 Å². The molecule has 0 aliphatic carbocycles. The second kappa shape index (κ2) is 7.34. The molecule has 1 aromatic rings. The molecule has 1 N–H and O–H groups in total. The molecule has 0 fully saturated rings. The van der Waals surface area contributed by atoms with Crippen LogP contribution in [-0.2, 0) is 4.74 Å². The van der Waals surface area contributed by atoms with Crippen molar-refractivity contribution in [2.24, 2.45) is 0 Å². The fourth-order valence-electron chi connectivity index (χ4n) is 1.40. The molecule has 1 rings (SSSR count). The fourth-order valence-corrected chi connectivity index (χ4v) is 1.85. The zero-order valence-corrected chi connectivity index (χ0v) is 12.3. The zero-order valence-electron chi connectivity index (χ0n) is 10.8. The number of carbonyl (C=O) groups is 1. The Kier molecular flexibility index (Phi) is 6.09. The van der Waals surface area contributed by atoms with Crippen LogP contribution in [0.4, 0.5) is 0 Å². The average Bonchev–Trinajstić information content (AvgIpc) is 2.31. The van der Waals surface area contributed by atoms with Crippen molar-refractivity contribution in [3.05, 3.63) is 46.0 Å². The van der Waals surface area contributed by atoms with Gasteiger partial charge in [0.2, 0.25) is 0 Å². The lowest BCUT2D eigenvalue weighted by atomic mass is 10.1. The summed E-state index contributed by atoms with van der Waals surface area (Å²) < 4.78 is 6.15. The minimum absolute atomic E-state index is 0.0931. The molecule has 0 aromatic heterocycles. The Bertz CT molecular complexity index is 443. The van der Waals surface area contributed by atoms with Crippen molar-refractivity contribution in [2.75, 3.05) is 19.8 Å². The largest absolute Gasteiger partial charge is 0.375 e. The maximum atomic E-state index is 11.9. The molecule has 98 valence electrons. The van der Waals surface area contributed by atoms with Gasteiger partial charge in [-0.05, 0) is 41.4 Å². The zero-order chi connectivity index (χ0) is 13.5. The number of hydrogen-bond acceptors (Lipinski definition) is 2. The summed E-state index contributed by atoms with van der Waals surface area (Å²) in [6.45, 7) is 9.11. The highest BCUT2D eigenvalue weighted by Crippen LogP contribution is 2.20. The number of amides is 1. The Morgan fingerprint density at radius 2 is 2.22 bits per heavy atom. The quantitative estimate of drug-likeness (QED) is 0.647. The Hall–Kier alpha value is -1.13. The monoisotopic (exact) mass is 311 g/mol. The summed E-state index contributed by atoms with van der Waals surface area (Å²) in [7, 11) is 0. The summed E-state index contributed by atoms with van der Waals surface area (Å²) in [6, 6.07) is 5.62. The molecule has 0 bridgehead atoms. The molecule has 0 aliphatic rings. The SMILES string of the molecule is C=C(C)COCCNC(=O)c1cccc(C)c1Br. The van der Waals surface area contributed by atoms with Gasteiger partial charge in [0.15, 0.2) is 0 Å². The van der Waals surface area contributed by atoms with Crippen LogP contribution in [0.5, 0.6) is 0 Å². The molecule has 0 spiro atoms. The van der Waals surface area contributed by atoms with Crippen molar-refractivity contribution >= 4 is 21.8 Å². The lowest BCUT2D eigenvalue weighted by Crippen LogP contribution is -2.27. The average molecular weight is 312 g/mol. The Labute approximate surface area is 116 Å². The van der Waals surface area contributed by atoms with Gasteiger partial charge in [0, 0.05) is 11.0 Å². The van der Waals surface area contributed by atoms with Gasteiger partial charge in [0.25, 0.3) is 5.91 Å². The van der Waals surface area contributed by atoms with Gasteiger partial charge >= 0.3 is 0 Å². The minimum atomic E-state index is -0.0931. The van der Waals surface area contributed by atoms with E-state index in [4.69, 9.17) is 4.74 Å². The molecule has 0 unspecified atom stereocenters. The number of hydrogen-bond donors (Lipinski definition) is 1. The van der Waals surface area contributed by atoms with Crippen LogP contribution in [-0.4, -0.2) is 25.7 Å². The van der Waals surface area contributed by atoms with Gasteiger partial charge in [0.05, 0.1) is 18.8 Å². The van der Waals surface area contributed by atoms with Crippen LogP contribution in [0.2, 0.25) is 0 Å². The van der Waals surface area contributed by atoms with Crippen molar-refractivity contribution in [1.82, 2.24) is 5.32 Å². The van der Waals surface area contributed by atoms with E-state index in [2.05, 4.69) is 27.8 Å². The normalized spacial score (nSPS) is 10.2. The first-order valence-corrected chi connectivity index (χ1v) is 6.57. The first kappa shape index (κ1) is 14.9. The lowest BCUT2D eigenvalue weighted by Gasteiger charge is -2.09. The number of carbonyl (C=O) groups excluding carboxylic acids is 1. The van der Waals surface area contributed by atoms with Gasteiger partial charge in [0.1, 0.15) is 0 Å². The highest BCUT2D eigenvalue weighted by Gasteiger charge is 2.10. The second-order valence-electron chi connectivity index (χ2n) is 4.20. The molecule has 0 atom stereocenters. The predicted molar refractivity (Wildman–Crippen MR) is 76.8 cm³/mol. The van der Waals surface area contributed by atoms with E-state index < -0.39 is 0 Å². The number of benzene rings is 1. The van der Waals surface area contributed by atoms with Crippen LogP contribution in [0.25, 0.3) is 0 Å². The van der Waals surface area contributed by atoms with Crippen LogP contribution in [0.1, 0.15) is 22.8 Å². The summed E-state index contributed by atoms with van der Waals surface area (Å²) in [6.07, 6.45) is 0. The third kappa shape index (κ3) is 4.63. The number of aryl methyl sites for hydroxylation is 1. The number of rotatable bonds is 6. The maximum absolute atomic E-state index is 11.9. The number of halogens is 1. The molecule has 0 saturated heterocycles. The summed E-state index contributed by atoms with van der Waals surface area (Å²) in [4.78, 5) is 11.9. The van der Waals surface area contributed by atoms with Crippen LogP contribution >= 0.6 is 15.9 Å². The van der Waals surface area contributed by atoms with Crippen LogP contribution in [0.15, 0.2) is 34.8 Å². The molecule has 3 nitrogen and oxygen atoms in total.